The van der Waals surface area contributed by atoms with Gasteiger partial charge in [-0.2, -0.15) is 0 Å². The van der Waals surface area contributed by atoms with Gasteiger partial charge < -0.3 is 10.5 Å². The molecule has 0 bridgehead atoms. The number of nitrogens with zero attached hydrogens (tertiary/aromatic N) is 1. The Morgan fingerprint density at radius 3 is 2.75 bits per heavy atom. The number of hydrogen-bond acceptors (Lipinski definition) is 5. The zero-order chi connectivity index (χ0) is 11.6. The molecule has 1 aliphatic carbocycles. The Morgan fingerprint density at radius 1 is 1.56 bits per heavy atom. The second-order valence-corrected chi connectivity index (χ2v) is 4.20. The topological polar surface area (TPSA) is 86.2 Å². The van der Waals surface area contributed by atoms with E-state index >= 15 is 0 Å². The molecule has 5 N–H and O–H groups in total. The smallest absolute Gasteiger partial charge is 0.128 e. The summed E-state index contributed by atoms with van der Waals surface area (Å²) in [6.45, 7) is 0. The standard InChI is InChI=1S/C11H18N4O/c1-16-11(5-3-6-11)9(15-13)8-4-2-7-14-10(8)12/h2,4,7,9,15H,3,5-6,13H2,1H3,(H2,12,14). The molecule has 1 unspecified atom stereocenters. The van der Waals surface area contributed by atoms with Gasteiger partial charge in [0.05, 0.1) is 11.6 Å². The van der Waals surface area contributed by atoms with E-state index in [4.69, 9.17) is 16.3 Å². The van der Waals surface area contributed by atoms with Crippen molar-refractivity contribution < 1.29 is 4.74 Å². The van der Waals surface area contributed by atoms with Gasteiger partial charge >= 0.3 is 0 Å². The molecule has 1 aliphatic rings. The predicted octanol–water partition coefficient (Wildman–Crippen LogP) is 0.737. The number of ether oxygens (including phenoxy) is 1. The molecule has 88 valence electrons. The average Bonchev–Trinajstić information content (AvgIpc) is 2.25. The Morgan fingerprint density at radius 2 is 2.31 bits per heavy atom. The minimum absolute atomic E-state index is 0.0973. The molecule has 0 amide bonds. The maximum absolute atomic E-state index is 5.86. The number of aromatic nitrogens is 1. The molecule has 1 saturated carbocycles. The molecule has 0 aliphatic heterocycles. The first kappa shape index (κ1) is 11.3. The summed E-state index contributed by atoms with van der Waals surface area (Å²) in [5.74, 6) is 6.14. The summed E-state index contributed by atoms with van der Waals surface area (Å²) in [5, 5.41) is 0. The molecule has 0 spiro atoms. The first-order valence-electron chi connectivity index (χ1n) is 5.45. The van der Waals surface area contributed by atoms with E-state index in [0.717, 1.165) is 24.8 Å². The number of nitrogens with two attached hydrogens (primary N) is 2. The summed E-state index contributed by atoms with van der Waals surface area (Å²) in [5.41, 5.74) is 9.35. The second-order valence-electron chi connectivity index (χ2n) is 4.20. The van der Waals surface area contributed by atoms with Gasteiger partial charge in [-0.05, 0) is 25.3 Å². The van der Waals surface area contributed by atoms with Crippen LogP contribution in [0.3, 0.4) is 0 Å². The van der Waals surface area contributed by atoms with Gasteiger partial charge in [-0.3, -0.25) is 5.84 Å². The van der Waals surface area contributed by atoms with Crippen LogP contribution in [0.4, 0.5) is 5.82 Å². The van der Waals surface area contributed by atoms with E-state index in [1.807, 2.05) is 12.1 Å². The van der Waals surface area contributed by atoms with Gasteiger partial charge in [0.15, 0.2) is 0 Å². The molecule has 5 nitrogen and oxygen atoms in total. The number of hydrazine groups is 1. The van der Waals surface area contributed by atoms with Gasteiger partial charge in [0.25, 0.3) is 0 Å². The Balaban J connectivity index is 2.32. The zero-order valence-corrected chi connectivity index (χ0v) is 9.44. The highest BCUT2D eigenvalue weighted by Gasteiger charge is 2.45. The number of nitrogen functional groups attached to an aromatic ring is 1. The highest BCUT2D eigenvalue weighted by molar-refractivity contribution is 5.42. The van der Waals surface area contributed by atoms with E-state index in [1.165, 1.54) is 0 Å². The average molecular weight is 222 g/mol. The number of hydrogen-bond donors (Lipinski definition) is 3. The number of rotatable bonds is 4. The van der Waals surface area contributed by atoms with Crippen LogP contribution in [-0.4, -0.2) is 17.7 Å². The van der Waals surface area contributed by atoms with E-state index in [1.54, 1.807) is 13.3 Å². The number of nitrogens with one attached hydrogen (secondary N) is 1. The largest absolute Gasteiger partial charge is 0.383 e. The van der Waals surface area contributed by atoms with Crippen LogP contribution in [-0.2, 0) is 4.74 Å². The molecule has 5 heteroatoms. The van der Waals surface area contributed by atoms with Gasteiger partial charge in [-0.25, -0.2) is 10.4 Å². The molecule has 0 saturated heterocycles. The van der Waals surface area contributed by atoms with Crippen LogP contribution in [0.15, 0.2) is 18.3 Å². The Bertz CT molecular complexity index is 359. The molecule has 0 radical (unpaired) electrons. The van der Waals surface area contributed by atoms with Crippen molar-refractivity contribution in [1.29, 1.82) is 0 Å². The molecule has 1 atom stereocenters. The molecule has 1 aromatic rings. The molecule has 1 heterocycles. The Labute approximate surface area is 95.1 Å². The molecule has 1 fully saturated rings. The van der Waals surface area contributed by atoms with Crippen LogP contribution < -0.4 is 17.0 Å². The fraction of sp³-hybridized carbons (Fsp3) is 0.545. The highest BCUT2D eigenvalue weighted by atomic mass is 16.5. The summed E-state index contributed by atoms with van der Waals surface area (Å²) in [7, 11) is 1.72. The quantitative estimate of drug-likeness (QED) is 0.516. The van der Waals surface area contributed by atoms with Crippen molar-refractivity contribution in [3.8, 4) is 0 Å². The van der Waals surface area contributed by atoms with E-state index < -0.39 is 0 Å². The first-order valence-corrected chi connectivity index (χ1v) is 5.45. The summed E-state index contributed by atoms with van der Waals surface area (Å²) < 4.78 is 5.61. The van der Waals surface area contributed by atoms with Crippen LogP contribution >= 0.6 is 0 Å². The third-order valence-corrected chi connectivity index (χ3v) is 3.48. The molecular weight excluding hydrogens is 204 g/mol. The van der Waals surface area contributed by atoms with Gasteiger partial charge in [0, 0.05) is 18.9 Å². The van der Waals surface area contributed by atoms with E-state index in [-0.39, 0.29) is 11.6 Å². The van der Waals surface area contributed by atoms with E-state index in [2.05, 4.69) is 10.4 Å². The fourth-order valence-electron chi connectivity index (χ4n) is 2.33. The van der Waals surface area contributed by atoms with Crippen molar-refractivity contribution in [2.24, 2.45) is 5.84 Å². The van der Waals surface area contributed by atoms with Crippen LogP contribution in [0.2, 0.25) is 0 Å². The summed E-state index contributed by atoms with van der Waals surface area (Å²) in [6.07, 6.45) is 4.82. The first-order chi connectivity index (χ1) is 7.73. The summed E-state index contributed by atoms with van der Waals surface area (Å²) in [4.78, 5) is 4.08. The Kier molecular flexibility index (Phi) is 3.09. The van der Waals surface area contributed by atoms with E-state index in [9.17, 15) is 0 Å². The molecule has 2 rings (SSSR count). The lowest BCUT2D eigenvalue weighted by Gasteiger charge is -2.46. The van der Waals surface area contributed by atoms with Crippen LogP contribution in [0, 0.1) is 0 Å². The van der Waals surface area contributed by atoms with Crippen LogP contribution in [0.25, 0.3) is 0 Å². The molecule has 0 aromatic carbocycles. The Hall–Kier alpha value is -1.17. The van der Waals surface area contributed by atoms with Gasteiger partial charge in [0.2, 0.25) is 0 Å². The minimum Gasteiger partial charge on any atom is -0.383 e. The monoisotopic (exact) mass is 222 g/mol. The summed E-state index contributed by atoms with van der Waals surface area (Å²) >= 11 is 0. The van der Waals surface area contributed by atoms with Gasteiger partial charge in [-0.1, -0.05) is 6.07 Å². The molecular formula is C11H18N4O. The summed E-state index contributed by atoms with van der Waals surface area (Å²) in [6, 6.07) is 3.70. The normalized spacial score (nSPS) is 20.1. The van der Waals surface area contributed by atoms with Crippen LogP contribution in [0.1, 0.15) is 30.9 Å². The molecule has 16 heavy (non-hydrogen) atoms. The van der Waals surface area contributed by atoms with Crippen molar-refractivity contribution in [3.63, 3.8) is 0 Å². The van der Waals surface area contributed by atoms with Crippen LogP contribution in [0.5, 0.6) is 0 Å². The number of anilines is 1. The number of methoxy groups -OCH3 is 1. The number of pyridine rings is 1. The third-order valence-electron chi connectivity index (χ3n) is 3.48. The highest BCUT2D eigenvalue weighted by Crippen LogP contribution is 2.45. The lowest BCUT2D eigenvalue weighted by molar-refractivity contribution is -0.0997. The lowest BCUT2D eigenvalue weighted by Crippen LogP contribution is -2.52. The lowest BCUT2D eigenvalue weighted by atomic mass is 9.72. The van der Waals surface area contributed by atoms with Crippen molar-refractivity contribution in [2.75, 3.05) is 12.8 Å². The molecule has 1 aromatic heterocycles. The zero-order valence-electron chi connectivity index (χ0n) is 9.44. The van der Waals surface area contributed by atoms with Gasteiger partial charge in [0.1, 0.15) is 5.82 Å². The van der Waals surface area contributed by atoms with Crippen molar-refractivity contribution in [1.82, 2.24) is 10.4 Å². The SMILES string of the molecule is COC1(C(NN)c2cccnc2N)CCC1. The minimum atomic E-state index is -0.230. The van der Waals surface area contributed by atoms with Crippen molar-refractivity contribution >= 4 is 5.82 Å². The second kappa shape index (κ2) is 4.37. The maximum Gasteiger partial charge on any atom is 0.128 e. The van der Waals surface area contributed by atoms with Crippen molar-refractivity contribution in [3.05, 3.63) is 23.9 Å². The predicted molar refractivity (Wildman–Crippen MR) is 62.3 cm³/mol. The van der Waals surface area contributed by atoms with E-state index in [0.29, 0.717) is 5.82 Å². The fourth-order valence-corrected chi connectivity index (χ4v) is 2.33. The van der Waals surface area contributed by atoms with Crippen molar-refractivity contribution in [2.45, 2.75) is 30.9 Å². The van der Waals surface area contributed by atoms with Gasteiger partial charge in [-0.15, -0.1) is 0 Å². The maximum atomic E-state index is 5.86. The third kappa shape index (κ3) is 1.67.